The Bertz CT molecular complexity index is 222. The monoisotopic (exact) mass is 206 g/mol. The zero-order chi connectivity index (χ0) is 11.8. The van der Waals surface area contributed by atoms with Crippen molar-refractivity contribution in [2.45, 2.75) is 46.5 Å². The zero-order valence-electron chi connectivity index (χ0n) is 10.7. The van der Waals surface area contributed by atoms with E-state index in [4.69, 9.17) is 0 Å². The molecule has 0 amide bonds. The summed E-state index contributed by atoms with van der Waals surface area (Å²) in [4.78, 5) is 0. The first kappa shape index (κ1) is 14.2. The summed E-state index contributed by atoms with van der Waals surface area (Å²) in [5.41, 5.74) is 2.59. The van der Waals surface area contributed by atoms with Crippen molar-refractivity contribution in [2.75, 3.05) is 0 Å². The van der Waals surface area contributed by atoms with Crippen LogP contribution in [0.5, 0.6) is 0 Å². The van der Waals surface area contributed by atoms with Crippen LogP contribution in [0.3, 0.4) is 0 Å². The van der Waals surface area contributed by atoms with Gasteiger partial charge in [0.1, 0.15) is 0 Å². The molecular formula is C15H26. The lowest BCUT2D eigenvalue weighted by Gasteiger charge is -2.18. The predicted molar refractivity (Wildman–Crippen MR) is 70.9 cm³/mol. The van der Waals surface area contributed by atoms with Crippen molar-refractivity contribution in [3.05, 3.63) is 37.0 Å². The Hall–Kier alpha value is -0.780. The molecule has 0 saturated carbocycles. The van der Waals surface area contributed by atoms with Crippen molar-refractivity contribution >= 4 is 0 Å². The zero-order valence-corrected chi connectivity index (χ0v) is 10.7. The van der Waals surface area contributed by atoms with Gasteiger partial charge in [-0.25, -0.2) is 0 Å². The van der Waals surface area contributed by atoms with Crippen LogP contribution < -0.4 is 0 Å². The van der Waals surface area contributed by atoms with Gasteiger partial charge in [0.2, 0.25) is 0 Å². The van der Waals surface area contributed by atoms with E-state index < -0.39 is 0 Å². The summed E-state index contributed by atoms with van der Waals surface area (Å²) in [6, 6.07) is 0. The molecule has 0 aliphatic heterocycles. The van der Waals surface area contributed by atoms with Gasteiger partial charge in [0.15, 0.2) is 0 Å². The van der Waals surface area contributed by atoms with Crippen LogP contribution in [0.1, 0.15) is 46.5 Å². The minimum Gasteiger partial charge on any atom is -0.103 e. The lowest BCUT2D eigenvalue weighted by molar-refractivity contribution is 0.464. The van der Waals surface area contributed by atoms with Crippen molar-refractivity contribution in [3.63, 3.8) is 0 Å². The highest BCUT2D eigenvalue weighted by Crippen LogP contribution is 2.24. The fraction of sp³-hybridized carbons (Fsp3) is 0.600. The number of allylic oxidation sites excluding steroid dienone is 3. The van der Waals surface area contributed by atoms with Crippen molar-refractivity contribution in [1.82, 2.24) is 0 Å². The third kappa shape index (κ3) is 7.18. The fourth-order valence-corrected chi connectivity index (χ4v) is 1.64. The Kier molecular flexibility index (Phi) is 7.11. The molecule has 0 heteroatoms. The summed E-state index contributed by atoms with van der Waals surface area (Å²) < 4.78 is 0. The minimum absolute atomic E-state index is 0.622. The van der Waals surface area contributed by atoms with Gasteiger partial charge in [-0.3, -0.25) is 0 Å². The van der Waals surface area contributed by atoms with Crippen LogP contribution in [-0.2, 0) is 0 Å². The number of hydrogen-bond donors (Lipinski definition) is 0. The summed E-state index contributed by atoms with van der Waals surface area (Å²) in [5, 5.41) is 0. The van der Waals surface area contributed by atoms with E-state index in [0.717, 1.165) is 6.42 Å². The van der Waals surface area contributed by atoms with Crippen LogP contribution >= 0.6 is 0 Å². The highest BCUT2D eigenvalue weighted by Gasteiger charge is 2.10. The first-order valence-corrected chi connectivity index (χ1v) is 5.89. The van der Waals surface area contributed by atoms with E-state index in [0.29, 0.717) is 11.8 Å². The topological polar surface area (TPSA) is 0 Å². The van der Waals surface area contributed by atoms with E-state index in [1.807, 2.05) is 6.08 Å². The maximum absolute atomic E-state index is 4.08. The van der Waals surface area contributed by atoms with Crippen LogP contribution in [-0.4, -0.2) is 0 Å². The molecule has 0 aliphatic carbocycles. The number of rotatable bonds is 8. The van der Waals surface area contributed by atoms with Crippen molar-refractivity contribution in [1.29, 1.82) is 0 Å². The summed E-state index contributed by atoms with van der Waals surface area (Å²) in [7, 11) is 0. The molecule has 0 bridgehead atoms. The van der Waals surface area contributed by atoms with E-state index in [1.54, 1.807) is 0 Å². The lowest BCUT2D eigenvalue weighted by atomic mass is 9.88. The summed E-state index contributed by atoms with van der Waals surface area (Å²) in [6.45, 7) is 18.3. The van der Waals surface area contributed by atoms with Gasteiger partial charge in [-0.15, -0.1) is 13.2 Å². The van der Waals surface area contributed by atoms with Gasteiger partial charge < -0.3 is 0 Å². The fourth-order valence-electron chi connectivity index (χ4n) is 1.64. The average Bonchev–Trinajstić information content (AvgIpc) is 2.16. The Morgan fingerprint density at radius 1 is 1.13 bits per heavy atom. The summed E-state index contributed by atoms with van der Waals surface area (Å²) >= 11 is 0. The van der Waals surface area contributed by atoms with E-state index in [-0.39, 0.29) is 0 Å². The van der Waals surface area contributed by atoms with Gasteiger partial charge in [-0.1, -0.05) is 30.7 Å². The molecule has 0 unspecified atom stereocenters. The molecule has 0 nitrogen and oxygen atoms in total. The van der Waals surface area contributed by atoms with Gasteiger partial charge in [-0.2, -0.15) is 0 Å². The molecule has 0 aliphatic rings. The first-order chi connectivity index (χ1) is 6.97. The molecule has 86 valence electrons. The Morgan fingerprint density at radius 3 is 2.13 bits per heavy atom. The van der Waals surface area contributed by atoms with Crippen molar-refractivity contribution in [3.8, 4) is 0 Å². The molecule has 2 atom stereocenters. The number of hydrogen-bond acceptors (Lipinski definition) is 0. The van der Waals surface area contributed by atoms with Crippen LogP contribution in [0.15, 0.2) is 37.0 Å². The molecule has 0 N–H and O–H groups in total. The van der Waals surface area contributed by atoms with E-state index in [2.05, 4.69) is 40.5 Å². The molecule has 0 spiro atoms. The maximum atomic E-state index is 4.08. The highest BCUT2D eigenvalue weighted by atomic mass is 14.2. The van der Waals surface area contributed by atoms with Gasteiger partial charge in [0.25, 0.3) is 0 Å². The molecular weight excluding hydrogens is 180 g/mol. The molecule has 0 fully saturated rings. The van der Waals surface area contributed by atoms with Gasteiger partial charge in [0.05, 0.1) is 0 Å². The van der Waals surface area contributed by atoms with E-state index in [1.165, 1.54) is 30.4 Å². The van der Waals surface area contributed by atoms with Gasteiger partial charge in [0, 0.05) is 0 Å². The molecule has 15 heavy (non-hydrogen) atoms. The Morgan fingerprint density at radius 2 is 1.73 bits per heavy atom. The van der Waals surface area contributed by atoms with Crippen LogP contribution in [0.4, 0.5) is 0 Å². The minimum atomic E-state index is 0.622. The van der Waals surface area contributed by atoms with Crippen molar-refractivity contribution in [2.24, 2.45) is 11.8 Å². The van der Waals surface area contributed by atoms with Crippen LogP contribution in [0, 0.1) is 11.8 Å². The first-order valence-electron chi connectivity index (χ1n) is 5.89. The second-order valence-corrected chi connectivity index (χ2v) is 4.83. The van der Waals surface area contributed by atoms with E-state index in [9.17, 15) is 0 Å². The SMILES string of the molecule is C=C[C@H](C)CC[C@@H](CCC(=C)C)C(=C)C. The molecule has 0 heterocycles. The molecule has 0 saturated heterocycles. The maximum Gasteiger partial charge on any atom is -0.0205 e. The van der Waals surface area contributed by atoms with Gasteiger partial charge in [-0.05, 0) is 51.4 Å². The van der Waals surface area contributed by atoms with Gasteiger partial charge >= 0.3 is 0 Å². The average molecular weight is 206 g/mol. The second-order valence-electron chi connectivity index (χ2n) is 4.83. The Labute approximate surface area is 95.8 Å². The molecule has 0 aromatic heterocycles. The van der Waals surface area contributed by atoms with Crippen LogP contribution in [0.25, 0.3) is 0 Å². The molecule has 0 aromatic rings. The van der Waals surface area contributed by atoms with Crippen LogP contribution in [0.2, 0.25) is 0 Å². The largest absolute Gasteiger partial charge is 0.103 e. The molecule has 0 radical (unpaired) electrons. The normalized spacial score (nSPS) is 14.3. The summed E-state index contributed by atoms with van der Waals surface area (Å²) in [6.07, 6.45) is 6.82. The second kappa shape index (κ2) is 7.50. The standard InChI is InChI=1S/C15H26/c1-7-14(6)9-11-15(13(4)5)10-8-12(2)3/h7,14-15H,1-2,4,8-11H2,3,5-6H3/t14-,15+/m0/s1. The smallest absolute Gasteiger partial charge is 0.0205 e. The molecule has 0 aromatic carbocycles. The van der Waals surface area contributed by atoms with Crippen molar-refractivity contribution < 1.29 is 0 Å². The third-order valence-electron chi connectivity index (χ3n) is 2.99. The summed E-state index contributed by atoms with van der Waals surface area (Å²) in [5.74, 6) is 1.28. The third-order valence-corrected chi connectivity index (χ3v) is 2.99. The quantitative estimate of drug-likeness (QED) is 0.482. The molecule has 0 rings (SSSR count). The van der Waals surface area contributed by atoms with E-state index >= 15 is 0 Å². The Balaban J connectivity index is 3.99. The predicted octanol–water partition coefficient (Wildman–Crippen LogP) is 5.14. The lowest BCUT2D eigenvalue weighted by Crippen LogP contribution is -2.04. The highest BCUT2D eigenvalue weighted by molar-refractivity contribution is 4.99.